The number of aldehydes is 1. The zero-order valence-electron chi connectivity index (χ0n) is 8.50. The van der Waals surface area contributed by atoms with Crippen molar-refractivity contribution in [3.8, 4) is 0 Å². The van der Waals surface area contributed by atoms with Crippen LogP contribution >= 0.6 is 11.6 Å². The van der Waals surface area contributed by atoms with Crippen LogP contribution in [0.15, 0.2) is 16.5 Å². The molecule has 0 saturated heterocycles. The van der Waals surface area contributed by atoms with Gasteiger partial charge in [-0.25, -0.2) is 0 Å². The van der Waals surface area contributed by atoms with Crippen molar-refractivity contribution in [1.29, 1.82) is 0 Å². The summed E-state index contributed by atoms with van der Waals surface area (Å²) >= 11 is 5.93. The first-order chi connectivity index (χ1) is 6.69. The van der Waals surface area contributed by atoms with E-state index >= 15 is 0 Å². The Morgan fingerprint density at radius 3 is 2.71 bits per heavy atom. The van der Waals surface area contributed by atoms with Crippen molar-refractivity contribution in [2.75, 3.05) is 0 Å². The van der Waals surface area contributed by atoms with Gasteiger partial charge in [-0.05, 0) is 25.5 Å². The smallest absolute Gasteiger partial charge is 0.138 e. The van der Waals surface area contributed by atoms with Crippen LogP contribution in [0.25, 0.3) is 0 Å². The summed E-state index contributed by atoms with van der Waals surface area (Å²) in [5.41, 5.74) is 0. The Morgan fingerprint density at radius 1 is 1.57 bits per heavy atom. The first-order valence-corrected chi connectivity index (χ1v) is 5.28. The van der Waals surface area contributed by atoms with E-state index in [1.54, 1.807) is 0 Å². The summed E-state index contributed by atoms with van der Waals surface area (Å²) in [4.78, 5) is 10.6. The molecule has 0 spiro atoms. The first kappa shape index (κ1) is 11.3. The van der Waals surface area contributed by atoms with Gasteiger partial charge in [0.2, 0.25) is 0 Å². The van der Waals surface area contributed by atoms with Gasteiger partial charge in [0.05, 0.1) is 5.38 Å². The number of rotatable bonds is 5. The van der Waals surface area contributed by atoms with E-state index in [2.05, 4.69) is 6.92 Å². The van der Waals surface area contributed by atoms with Crippen molar-refractivity contribution in [3.63, 3.8) is 0 Å². The summed E-state index contributed by atoms with van der Waals surface area (Å²) in [6, 6.07) is 3.79. The molecule has 78 valence electrons. The van der Waals surface area contributed by atoms with Crippen LogP contribution in [0, 0.1) is 6.92 Å². The molecule has 0 aliphatic carbocycles. The topological polar surface area (TPSA) is 30.2 Å². The van der Waals surface area contributed by atoms with Gasteiger partial charge in [0.25, 0.3) is 0 Å². The predicted molar refractivity (Wildman–Crippen MR) is 56.8 cm³/mol. The van der Waals surface area contributed by atoms with E-state index in [9.17, 15) is 4.79 Å². The minimum atomic E-state index is -0.486. The molecule has 2 nitrogen and oxygen atoms in total. The van der Waals surface area contributed by atoms with Crippen LogP contribution in [0.4, 0.5) is 0 Å². The Labute approximate surface area is 89.2 Å². The van der Waals surface area contributed by atoms with E-state index in [0.717, 1.165) is 30.6 Å². The lowest BCUT2D eigenvalue weighted by atomic mass is 9.97. The van der Waals surface area contributed by atoms with Gasteiger partial charge in [-0.2, -0.15) is 0 Å². The number of furan rings is 1. The highest BCUT2D eigenvalue weighted by Gasteiger charge is 2.22. The van der Waals surface area contributed by atoms with E-state index in [1.165, 1.54) is 0 Å². The monoisotopic (exact) mass is 214 g/mol. The zero-order chi connectivity index (χ0) is 10.6. The van der Waals surface area contributed by atoms with Crippen molar-refractivity contribution in [1.82, 2.24) is 0 Å². The maximum absolute atomic E-state index is 10.6. The lowest BCUT2D eigenvalue weighted by Gasteiger charge is -2.14. The molecule has 3 heteroatoms. The molecule has 0 N–H and O–H groups in total. The molecule has 1 rings (SSSR count). The fourth-order valence-electron chi connectivity index (χ4n) is 1.52. The van der Waals surface area contributed by atoms with Crippen molar-refractivity contribution < 1.29 is 9.21 Å². The molecule has 1 aromatic rings. The number of alkyl halides is 1. The van der Waals surface area contributed by atoms with Crippen LogP contribution in [0.5, 0.6) is 0 Å². The summed E-state index contributed by atoms with van der Waals surface area (Å²) in [5, 5.41) is -0.486. The van der Waals surface area contributed by atoms with Crippen molar-refractivity contribution in [3.05, 3.63) is 23.7 Å². The number of halogens is 1. The Kier molecular flexibility index (Phi) is 4.21. The van der Waals surface area contributed by atoms with Gasteiger partial charge < -0.3 is 9.21 Å². The second kappa shape index (κ2) is 5.20. The number of carbonyl (C=O) groups is 1. The number of hydrogen-bond donors (Lipinski definition) is 0. The summed E-state index contributed by atoms with van der Waals surface area (Å²) < 4.78 is 5.48. The van der Waals surface area contributed by atoms with Gasteiger partial charge in [-0.1, -0.05) is 13.3 Å². The minimum absolute atomic E-state index is 0.00728. The second-order valence-corrected chi connectivity index (χ2v) is 3.93. The average molecular weight is 215 g/mol. The Morgan fingerprint density at radius 2 is 2.29 bits per heavy atom. The Hall–Kier alpha value is -0.760. The highest BCUT2D eigenvalue weighted by Crippen LogP contribution is 2.28. The fourth-order valence-corrected chi connectivity index (χ4v) is 1.77. The third-order valence-electron chi connectivity index (χ3n) is 2.24. The van der Waals surface area contributed by atoms with Crippen molar-refractivity contribution in [2.45, 2.75) is 38.0 Å². The molecular formula is C11H15ClO2. The summed E-state index contributed by atoms with van der Waals surface area (Å²) in [5.74, 6) is 1.68. The first-order valence-electron chi connectivity index (χ1n) is 4.84. The molecule has 0 bridgehead atoms. The van der Waals surface area contributed by atoms with Crippen LogP contribution < -0.4 is 0 Å². The molecule has 0 fully saturated rings. The van der Waals surface area contributed by atoms with Gasteiger partial charge in [-0.15, -0.1) is 11.6 Å². The maximum atomic E-state index is 10.6. The Bertz CT molecular complexity index is 293. The van der Waals surface area contributed by atoms with Crippen LogP contribution in [0.1, 0.15) is 37.2 Å². The van der Waals surface area contributed by atoms with E-state index < -0.39 is 5.38 Å². The lowest BCUT2D eigenvalue weighted by Crippen LogP contribution is -2.13. The molecule has 1 heterocycles. The molecule has 0 aliphatic rings. The Balaban J connectivity index is 2.81. The quantitative estimate of drug-likeness (QED) is 0.556. The third-order valence-corrected chi connectivity index (χ3v) is 2.65. The summed E-state index contributed by atoms with van der Waals surface area (Å²) in [6.07, 6.45) is 2.64. The van der Waals surface area contributed by atoms with Crippen LogP contribution in [0.3, 0.4) is 0 Å². The lowest BCUT2D eigenvalue weighted by molar-refractivity contribution is -0.108. The van der Waals surface area contributed by atoms with Crippen molar-refractivity contribution >= 4 is 17.9 Å². The molecule has 14 heavy (non-hydrogen) atoms. The van der Waals surface area contributed by atoms with E-state index in [-0.39, 0.29) is 5.92 Å². The molecular weight excluding hydrogens is 200 g/mol. The predicted octanol–water partition coefficient (Wildman–Crippen LogP) is 3.28. The van der Waals surface area contributed by atoms with E-state index in [1.807, 2.05) is 19.1 Å². The van der Waals surface area contributed by atoms with Crippen LogP contribution in [0.2, 0.25) is 0 Å². The summed E-state index contributed by atoms with van der Waals surface area (Å²) in [7, 11) is 0. The van der Waals surface area contributed by atoms with Gasteiger partial charge in [0, 0.05) is 5.92 Å². The normalized spacial score (nSPS) is 15.1. The van der Waals surface area contributed by atoms with Crippen LogP contribution in [-0.4, -0.2) is 11.7 Å². The van der Waals surface area contributed by atoms with Gasteiger partial charge >= 0.3 is 0 Å². The standard InChI is InChI=1S/C11H15ClO2/c1-3-4-9(10(12)7-13)11-6-5-8(2)14-11/h5-7,9-10H,3-4H2,1-2H3/t9-,10+/m1/s1. The molecule has 0 saturated carbocycles. The second-order valence-electron chi connectivity index (χ2n) is 3.42. The fraction of sp³-hybridized carbons (Fsp3) is 0.545. The molecule has 0 unspecified atom stereocenters. The molecule has 1 aromatic heterocycles. The maximum Gasteiger partial charge on any atom is 0.138 e. The molecule has 0 aliphatic heterocycles. The molecule has 0 amide bonds. The van der Waals surface area contributed by atoms with Crippen LogP contribution in [-0.2, 0) is 4.79 Å². The zero-order valence-corrected chi connectivity index (χ0v) is 9.25. The van der Waals surface area contributed by atoms with Gasteiger partial charge in [0.15, 0.2) is 0 Å². The molecule has 0 aromatic carbocycles. The number of aryl methyl sites for hydroxylation is 1. The average Bonchev–Trinajstić information content (AvgIpc) is 2.60. The van der Waals surface area contributed by atoms with Crippen molar-refractivity contribution in [2.24, 2.45) is 0 Å². The highest BCUT2D eigenvalue weighted by atomic mass is 35.5. The molecule has 0 radical (unpaired) electrons. The molecule has 2 atom stereocenters. The SMILES string of the molecule is CCC[C@@H](c1ccc(C)o1)[C@@H](Cl)C=O. The highest BCUT2D eigenvalue weighted by molar-refractivity contribution is 6.28. The van der Waals surface area contributed by atoms with Gasteiger partial charge in [-0.3, -0.25) is 0 Å². The minimum Gasteiger partial charge on any atom is -0.466 e. The number of carbonyl (C=O) groups excluding carboxylic acids is 1. The largest absolute Gasteiger partial charge is 0.466 e. The third kappa shape index (κ3) is 2.61. The van der Waals surface area contributed by atoms with E-state index in [0.29, 0.717) is 0 Å². The number of hydrogen-bond acceptors (Lipinski definition) is 2. The van der Waals surface area contributed by atoms with E-state index in [4.69, 9.17) is 16.0 Å². The van der Waals surface area contributed by atoms with Gasteiger partial charge in [0.1, 0.15) is 17.8 Å². The summed E-state index contributed by atoms with van der Waals surface area (Å²) in [6.45, 7) is 3.95.